The topological polar surface area (TPSA) is 70.1 Å². The summed E-state index contributed by atoms with van der Waals surface area (Å²) >= 11 is 0. The molecule has 0 aromatic carbocycles. The Bertz CT molecular complexity index is 257. The van der Waals surface area contributed by atoms with Crippen molar-refractivity contribution in [2.75, 3.05) is 13.1 Å². The molecule has 4 nitrogen and oxygen atoms in total. The highest BCUT2D eigenvalue weighted by molar-refractivity contribution is 5.81. The molecule has 1 amide bonds. The van der Waals surface area contributed by atoms with Gasteiger partial charge in [0.25, 0.3) is 0 Å². The van der Waals surface area contributed by atoms with Crippen molar-refractivity contribution in [2.45, 2.75) is 40.2 Å². The molecule has 0 heterocycles. The first-order valence-corrected chi connectivity index (χ1v) is 5.86. The molecule has 0 fully saturated rings. The SMILES string of the molecule is CCN(CC(C)C#N)C(=O)[C@H](N)CC(C)C. The Labute approximate surface area is 98.4 Å². The molecule has 16 heavy (non-hydrogen) atoms. The number of amides is 1. The molecule has 0 aliphatic carbocycles. The quantitative estimate of drug-likeness (QED) is 0.742. The van der Waals surface area contributed by atoms with E-state index in [9.17, 15) is 4.79 Å². The van der Waals surface area contributed by atoms with Crippen molar-refractivity contribution in [1.29, 1.82) is 5.26 Å². The van der Waals surface area contributed by atoms with Crippen molar-refractivity contribution in [1.82, 2.24) is 4.90 Å². The number of nitrogens with two attached hydrogens (primary N) is 1. The summed E-state index contributed by atoms with van der Waals surface area (Å²) in [6.45, 7) is 8.88. The fourth-order valence-corrected chi connectivity index (χ4v) is 1.59. The molecule has 0 spiro atoms. The molecule has 0 aromatic heterocycles. The van der Waals surface area contributed by atoms with Crippen LogP contribution < -0.4 is 5.73 Å². The highest BCUT2D eigenvalue weighted by Gasteiger charge is 2.21. The first-order valence-electron chi connectivity index (χ1n) is 5.86. The summed E-state index contributed by atoms with van der Waals surface area (Å²) in [5.41, 5.74) is 5.84. The predicted octanol–water partition coefficient (Wildman–Crippen LogP) is 1.37. The summed E-state index contributed by atoms with van der Waals surface area (Å²) < 4.78 is 0. The minimum absolute atomic E-state index is 0.0432. The largest absolute Gasteiger partial charge is 0.340 e. The number of hydrogen-bond donors (Lipinski definition) is 1. The maximum atomic E-state index is 12.0. The standard InChI is InChI=1S/C12H23N3O/c1-5-15(8-10(4)7-13)12(16)11(14)6-9(2)3/h9-11H,5-6,8,14H2,1-4H3/t10?,11-/m1/s1. The molecular weight excluding hydrogens is 202 g/mol. The summed E-state index contributed by atoms with van der Waals surface area (Å²) in [6, 6.07) is 1.69. The zero-order chi connectivity index (χ0) is 12.7. The van der Waals surface area contributed by atoms with E-state index in [0.717, 1.165) is 0 Å². The van der Waals surface area contributed by atoms with Crippen molar-refractivity contribution in [2.24, 2.45) is 17.6 Å². The van der Waals surface area contributed by atoms with Gasteiger partial charge in [-0.25, -0.2) is 0 Å². The number of nitriles is 1. The van der Waals surface area contributed by atoms with E-state index in [1.54, 1.807) is 4.90 Å². The summed E-state index contributed by atoms with van der Waals surface area (Å²) in [5, 5.41) is 8.73. The van der Waals surface area contributed by atoms with Crippen LogP contribution in [-0.2, 0) is 4.79 Å². The van der Waals surface area contributed by atoms with Gasteiger partial charge in [-0.3, -0.25) is 4.79 Å². The highest BCUT2D eigenvalue weighted by Crippen LogP contribution is 2.07. The van der Waals surface area contributed by atoms with Gasteiger partial charge in [-0.1, -0.05) is 13.8 Å². The van der Waals surface area contributed by atoms with Crippen LogP contribution in [0.3, 0.4) is 0 Å². The zero-order valence-corrected chi connectivity index (χ0v) is 10.7. The molecule has 2 atom stereocenters. The van der Waals surface area contributed by atoms with Gasteiger partial charge in [0, 0.05) is 13.1 Å². The van der Waals surface area contributed by atoms with Gasteiger partial charge in [0.2, 0.25) is 5.91 Å². The minimum Gasteiger partial charge on any atom is -0.340 e. The molecule has 0 aliphatic heterocycles. The Morgan fingerprint density at radius 1 is 1.44 bits per heavy atom. The van der Waals surface area contributed by atoms with Crippen LogP contribution in [0.4, 0.5) is 0 Å². The average Bonchev–Trinajstić information content (AvgIpc) is 2.23. The summed E-state index contributed by atoms with van der Waals surface area (Å²) in [5.74, 6) is 0.222. The van der Waals surface area contributed by atoms with Crippen LogP contribution in [0, 0.1) is 23.2 Å². The lowest BCUT2D eigenvalue weighted by atomic mass is 10.0. The van der Waals surface area contributed by atoms with Gasteiger partial charge in [0.05, 0.1) is 18.0 Å². The second-order valence-electron chi connectivity index (χ2n) is 4.64. The van der Waals surface area contributed by atoms with Crippen molar-refractivity contribution >= 4 is 5.91 Å². The molecule has 2 N–H and O–H groups in total. The summed E-state index contributed by atoms with van der Waals surface area (Å²) in [6.07, 6.45) is 0.691. The maximum absolute atomic E-state index is 12.0. The van der Waals surface area contributed by atoms with Crippen molar-refractivity contribution in [3.63, 3.8) is 0 Å². The van der Waals surface area contributed by atoms with Crippen molar-refractivity contribution in [3.05, 3.63) is 0 Å². The van der Waals surface area contributed by atoms with Crippen molar-refractivity contribution in [3.8, 4) is 6.07 Å². The lowest BCUT2D eigenvalue weighted by Crippen LogP contribution is -2.45. The maximum Gasteiger partial charge on any atom is 0.239 e. The van der Waals surface area contributed by atoms with E-state index in [0.29, 0.717) is 25.4 Å². The van der Waals surface area contributed by atoms with Crippen LogP contribution >= 0.6 is 0 Å². The van der Waals surface area contributed by atoms with E-state index in [4.69, 9.17) is 11.0 Å². The fourth-order valence-electron chi connectivity index (χ4n) is 1.59. The van der Waals surface area contributed by atoms with Crippen LogP contribution in [-0.4, -0.2) is 29.9 Å². The smallest absolute Gasteiger partial charge is 0.239 e. The van der Waals surface area contributed by atoms with Gasteiger partial charge in [-0.05, 0) is 26.2 Å². The minimum atomic E-state index is -0.439. The molecule has 0 rings (SSSR count). The van der Waals surface area contributed by atoms with Gasteiger partial charge in [-0.15, -0.1) is 0 Å². The van der Waals surface area contributed by atoms with E-state index in [1.807, 2.05) is 27.7 Å². The van der Waals surface area contributed by atoms with E-state index >= 15 is 0 Å². The third kappa shape index (κ3) is 5.13. The van der Waals surface area contributed by atoms with Gasteiger partial charge in [0.1, 0.15) is 0 Å². The van der Waals surface area contributed by atoms with Crippen LogP contribution in [0.15, 0.2) is 0 Å². The first kappa shape index (κ1) is 14.9. The van der Waals surface area contributed by atoms with Crippen LogP contribution in [0.2, 0.25) is 0 Å². The molecule has 0 aromatic rings. The zero-order valence-electron chi connectivity index (χ0n) is 10.7. The summed E-state index contributed by atoms with van der Waals surface area (Å²) in [7, 11) is 0. The van der Waals surface area contributed by atoms with E-state index in [-0.39, 0.29) is 11.8 Å². The molecule has 92 valence electrons. The third-order valence-electron chi connectivity index (χ3n) is 2.45. The Morgan fingerprint density at radius 3 is 2.38 bits per heavy atom. The molecule has 1 unspecified atom stereocenters. The number of rotatable bonds is 6. The second kappa shape index (κ2) is 7.24. The number of carbonyl (C=O) groups is 1. The first-order chi connectivity index (χ1) is 7.42. The predicted molar refractivity (Wildman–Crippen MR) is 64.5 cm³/mol. The monoisotopic (exact) mass is 225 g/mol. The van der Waals surface area contributed by atoms with Gasteiger partial charge < -0.3 is 10.6 Å². The van der Waals surface area contributed by atoms with Crippen LogP contribution in [0.1, 0.15) is 34.1 Å². The number of hydrogen-bond acceptors (Lipinski definition) is 3. The third-order valence-corrected chi connectivity index (χ3v) is 2.45. The van der Waals surface area contributed by atoms with Gasteiger partial charge in [-0.2, -0.15) is 5.26 Å². The van der Waals surface area contributed by atoms with Gasteiger partial charge in [0.15, 0.2) is 0 Å². The lowest BCUT2D eigenvalue weighted by Gasteiger charge is -2.25. The number of nitrogens with zero attached hydrogens (tertiary/aromatic N) is 2. The van der Waals surface area contributed by atoms with E-state index < -0.39 is 6.04 Å². The molecule has 0 bridgehead atoms. The number of carbonyl (C=O) groups excluding carboxylic acids is 1. The summed E-state index contributed by atoms with van der Waals surface area (Å²) in [4.78, 5) is 13.6. The Balaban J connectivity index is 4.36. The van der Waals surface area contributed by atoms with E-state index in [2.05, 4.69) is 6.07 Å². The Kier molecular flexibility index (Phi) is 6.75. The average molecular weight is 225 g/mol. The van der Waals surface area contributed by atoms with Crippen LogP contribution in [0.5, 0.6) is 0 Å². The molecular formula is C12H23N3O. The fraction of sp³-hybridized carbons (Fsp3) is 0.833. The highest BCUT2D eigenvalue weighted by atomic mass is 16.2. The molecule has 0 aliphatic rings. The van der Waals surface area contributed by atoms with E-state index in [1.165, 1.54) is 0 Å². The van der Waals surface area contributed by atoms with Crippen LogP contribution in [0.25, 0.3) is 0 Å². The molecule has 0 saturated carbocycles. The Morgan fingerprint density at radius 2 is 2.00 bits per heavy atom. The normalized spacial score (nSPS) is 14.3. The molecule has 0 saturated heterocycles. The lowest BCUT2D eigenvalue weighted by molar-refractivity contribution is -0.133. The van der Waals surface area contributed by atoms with Crippen molar-refractivity contribution < 1.29 is 4.79 Å². The number of likely N-dealkylation sites (N-methyl/N-ethyl adjacent to an activating group) is 1. The molecule has 0 radical (unpaired) electrons. The molecule has 4 heteroatoms. The van der Waals surface area contributed by atoms with Gasteiger partial charge >= 0.3 is 0 Å². The Hall–Kier alpha value is -1.08. The second-order valence-corrected chi connectivity index (χ2v) is 4.64.